The lowest BCUT2D eigenvalue weighted by molar-refractivity contribution is 1.13. The van der Waals surface area contributed by atoms with Gasteiger partial charge < -0.3 is 0 Å². The highest BCUT2D eigenvalue weighted by Crippen LogP contribution is 2.05. The van der Waals surface area contributed by atoms with E-state index in [-0.39, 0.29) is 0 Å². The second-order valence-electron chi connectivity index (χ2n) is 2.79. The van der Waals surface area contributed by atoms with Crippen LogP contribution < -0.4 is 0 Å². The Balaban J connectivity index is 2.71. The Bertz CT molecular complexity index is 334. The van der Waals surface area contributed by atoms with Gasteiger partial charge in [0, 0.05) is 11.5 Å². The molecule has 0 bridgehead atoms. The summed E-state index contributed by atoms with van der Waals surface area (Å²) in [5, 5.41) is 3.48. The highest BCUT2D eigenvalue weighted by Gasteiger charge is 1.88. The minimum Gasteiger partial charge on any atom is -0.0896 e. The van der Waals surface area contributed by atoms with Crippen LogP contribution in [0.1, 0.15) is 12.5 Å². The predicted molar refractivity (Wildman–Crippen MR) is 54.1 cm³/mol. The van der Waals surface area contributed by atoms with E-state index in [1.54, 1.807) is 0 Å². The van der Waals surface area contributed by atoms with E-state index in [0.717, 1.165) is 11.1 Å². The van der Waals surface area contributed by atoms with Gasteiger partial charge in [-0.1, -0.05) is 47.1 Å². The molecule has 0 N–H and O–H groups in total. The molecule has 1 aromatic rings. The number of nitrogens with zero attached hydrogens (tertiary/aromatic N) is 3. The molecule has 0 radical (unpaired) electrons. The zero-order valence-corrected chi connectivity index (χ0v) is 7.51. The maximum atomic E-state index is 8.11. The third-order valence-corrected chi connectivity index (χ3v) is 1.60. The number of rotatable bonds is 3. The molecule has 1 aromatic carbocycles. The molecular formula is C10H11N3. The molecule has 1 rings (SSSR count). The molecule has 0 aromatic heterocycles. The topological polar surface area (TPSA) is 48.8 Å². The van der Waals surface area contributed by atoms with Gasteiger partial charge in [-0.2, -0.15) is 0 Å². The second kappa shape index (κ2) is 5.01. The van der Waals surface area contributed by atoms with Crippen LogP contribution in [-0.4, -0.2) is 6.54 Å². The Kier molecular flexibility index (Phi) is 3.61. The molecule has 66 valence electrons. The summed E-state index contributed by atoms with van der Waals surface area (Å²) in [6.45, 7) is 2.38. The molecule has 0 aliphatic rings. The first-order valence-corrected chi connectivity index (χ1v) is 4.06. The van der Waals surface area contributed by atoms with Crippen molar-refractivity contribution >= 4 is 6.08 Å². The number of hydrogen-bond acceptors (Lipinski definition) is 1. The van der Waals surface area contributed by atoms with E-state index in [9.17, 15) is 0 Å². The smallest absolute Gasteiger partial charge is 0.0470 e. The van der Waals surface area contributed by atoms with E-state index >= 15 is 0 Å². The second-order valence-corrected chi connectivity index (χ2v) is 2.79. The highest BCUT2D eigenvalue weighted by atomic mass is 15.1. The van der Waals surface area contributed by atoms with Crippen molar-refractivity contribution in [2.45, 2.75) is 6.92 Å². The minimum absolute atomic E-state index is 0.436. The maximum absolute atomic E-state index is 8.11. The third kappa shape index (κ3) is 3.45. The molecule has 0 unspecified atom stereocenters. The zero-order chi connectivity index (χ0) is 9.52. The first kappa shape index (κ1) is 9.36. The van der Waals surface area contributed by atoms with Crippen molar-refractivity contribution < 1.29 is 0 Å². The van der Waals surface area contributed by atoms with Crippen LogP contribution in [0.2, 0.25) is 0 Å². The summed E-state index contributed by atoms with van der Waals surface area (Å²) < 4.78 is 0. The lowest BCUT2D eigenvalue weighted by Gasteiger charge is -1.95. The van der Waals surface area contributed by atoms with Gasteiger partial charge >= 0.3 is 0 Å². The van der Waals surface area contributed by atoms with Crippen molar-refractivity contribution in [3.8, 4) is 0 Å². The van der Waals surface area contributed by atoms with Crippen molar-refractivity contribution in [2.24, 2.45) is 5.11 Å². The van der Waals surface area contributed by atoms with Gasteiger partial charge in [0.2, 0.25) is 0 Å². The SMILES string of the molecule is C/C(=C/c1ccccc1)CN=[N+]=[N-]. The summed E-state index contributed by atoms with van der Waals surface area (Å²) >= 11 is 0. The molecular weight excluding hydrogens is 162 g/mol. The van der Waals surface area contributed by atoms with Gasteiger partial charge in [0.15, 0.2) is 0 Å². The minimum atomic E-state index is 0.436. The summed E-state index contributed by atoms with van der Waals surface area (Å²) in [4.78, 5) is 2.70. The summed E-state index contributed by atoms with van der Waals surface area (Å²) in [6, 6.07) is 9.96. The van der Waals surface area contributed by atoms with Crippen molar-refractivity contribution in [3.63, 3.8) is 0 Å². The van der Waals surface area contributed by atoms with Crippen LogP contribution >= 0.6 is 0 Å². The number of azide groups is 1. The first-order valence-electron chi connectivity index (χ1n) is 4.06. The van der Waals surface area contributed by atoms with E-state index < -0.39 is 0 Å². The Morgan fingerprint density at radius 1 is 1.46 bits per heavy atom. The van der Waals surface area contributed by atoms with Crippen LogP contribution in [0.15, 0.2) is 41.0 Å². The van der Waals surface area contributed by atoms with Gasteiger partial charge in [0.05, 0.1) is 0 Å². The number of hydrogen-bond donors (Lipinski definition) is 0. The Morgan fingerprint density at radius 3 is 2.77 bits per heavy atom. The maximum Gasteiger partial charge on any atom is 0.0470 e. The van der Waals surface area contributed by atoms with Gasteiger partial charge in [0.1, 0.15) is 0 Å². The van der Waals surface area contributed by atoms with Crippen LogP contribution in [0, 0.1) is 0 Å². The van der Waals surface area contributed by atoms with E-state index in [1.165, 1.54) is 0 Å². The number of benzene rings is 1. The van der Waals surface area contributed by atoms with Crippen molar-refractivity contribution in [3.05, 3.63) is 51.9 Å². The Hall–Kier alpha value is -1.73. The molecule has 0 fully saturated rings. The molecule has 13 heavy (non-hydrogen) atoms. The molecule has 0 saturated heterocycles. The average molecular weight is 173 g/mol. The molecule has 3 heteroatoms. The summed E-state index contributed by atoms with van der Waals surface area (Å²) in [5.74, 6) is 0. The van der Waals surface area contributed by atoms with Crippen LogP contribution in [0.3, 0.4) is 0 Å². The average Bonchev–Trinajstić information content (AvgIpc) is 2.16. The van der Waals surface area contributed by atoms with Gasteiger partial charge in [-0.3, -0.25) is 0 Å². The van der Waals surface area contributed by atoms with E-state index in [4.69, 9.17) is 5.53 Å². The normalized spacial score (nSPS) is 10.7. The molecule has 0 saturated carbocycles. The first-order chi connectivity index (χ1) is 6.33. The third-order valence-electron chi connectivity index (χ3n) is 1.60. The Morgan fingerprint density at radius 2 is 2.15 bits per heavy atom. The summed E-state index contributed by atoms with van der Waals surface area (Å²) in [5.41, 5.74) is 10.3. The van der Waals surface area contributed by atoms with E-state index in [2.05, 4.69) is 10.0 Å². The molecule has 3 nitrogen and oxygen atoms in total. The van der Waals surface area contributed by atoms with Crippen molar-refractivity contribution in [2.75, 3.05) is 6.54 Å². The van der Waals surface area contributed by atoms with Crippen LogP contribution in [0.25, 0.3) is 16.5 Å². The summed E-state index contributed by atoms with van der Waals surface area (Å²) in [7, 11) is 0. The highest BCUT2D eigenvalue weighted by molar-refractivity contribution is 5.52. The largest absolute Gasteiger partial charge is 0.0896 e. The molecule has 0 spiro atoms. The lowest BCUT2D eigenvalue weighted by Crippen LogP contribution is -1.80. The molecule has 0 aliphatic heterocycles. The van der Waals surface area contributed by atoms with Gasteiger partial charge in [-0.25, -0.2) is 0 Å². The fraction of sp³-hybridized carbons (Fsp3) is 0.200. The monoisotopic (exact) mass is 173 g/mol. The fourth-order valence-electron chi connectivity index (χ4n) is 1.02. The molecule has 0 atom stereocenters. The quantitative estimate of drug-likeness (QED) is 0.382. The van der Waals surface area contributed by atoms with Gasteiger partial charge in [0.25, 0.3) is 0 Å². The van der Waals surface area contributed by atoms with Crippen molar-refractivity contribution in [1.82, 2.24) is 0 Å². The van der Waals surface area contributed by atoms with E-state index in [0.29, 0.717) is 6.54 Å². The van der Waals surface area contributed by atoms with Crippen LogP contribution in [0.4, 0.5) is 0 Å². The molecule has 0 heterocycles. The molecule has 0 aliphatic carbocycles. The van der Waals surface area contributed by atoms with Crippen LogP contribution in [0.5, 0.6) is 0 Å². The van der Waals surface area contributed by atoms with Crippen molar-refractivity contribution in [1.29, 1.82) is 0 Å². The summed E-state index contributed by atoms with van der Waals surface area (Å²) in [6.07, 6.45) is 2.01. The molecule has 0 amide bonds. The standard InChI is InChI=1S/C10H11N3/c1-9(8-12-13-11)7-10-5-3-2-4-6-10/h2-7H,8H2,1H3/b9-7-. The zero-order valence-electron chi connectivity index (χ0n) is 7.51. The van der Waals surface area contributed by atoms with Crippen LogP contribution in [-0.2, 0) is 0 Å². The van der Waals surface area contributed by atoms with E-state index in [1.807, 2.05) is 43.3 Å². The lowest BCUT2D eigenvalue weighted by atomic mass is 10.1. The van der Waals surface area contributed by atoms with Gasteiger partial charge in [-0.05, 0) is 18.0 Å². The Labute approximate surface area is 77.3 Å². The van der Waals surface area contributed by atoms with Gasteiger partial charge in [-0.15, -0.1) is 0 Å². The predicted octanol–water partition coefficient (Wildman–Crippen LogP) is 3.40. The fourth-order valence-corrected chi connectivity index (χ4v) is 1.02.